The van der Waals surface area contributed by atoms with Gasteiger partial charge in [-0.2, -0.15) is 0 Å². The fraction of sp³-hybridized carbons (Fsp3) is 0.500. The van der Waals surface area contributed by atoms with Crippen LogP contribution in [-0.2, 0) is 9.31 Å². The molecule has 1 aromatic heterocycles. The SMILES string of the molecule is CC(=CB1OC(C)(C)C(C)(C)O1)c1ccncc1. The Labute approximate surface area is 109 Å². The van der Waals surface area contributed by atoms with Gasteiger partial charge in [-0.25, -0.2) is 0 Å². The first-order chi connectivity index (χ1) is 8.32. The second-order valence-electron chi connectivity index (χ2n) is 5.71. The molecule has 0 aromatic carbocycles. The van der Waals surface area contributed by atoms with Crippen LogP contribution in [-0.4, -0.2) is 23.3 Å². The lowest BCUT2D eigenvalue weighted by molar-refractivity contribution is 0.00578. The Hall–Kier alpha value is -1.13. The monoisotopic (exact) mass is 245 g/mol. The first kappa shape index (κ1) is 13.3. The number of pyridine rings is 1. The molecule has 0 aliphatic carbocycles. The Morgan fingerprint density at radius 1 is 1.11 bits per heavy atom. The third kappa shape index (κ3) is 2.50. The van der Waals surface area contributed by atoms with Crippen molar-refractivity contribution in [2.45, 2.75) is 45.8 Å². The van der Waals surface area contributed by atoms with Crippen LogP contribution >= 0.6 is 0 Å². The number of rotatable bonds is 2. The van der Waals surface area contributed by atoms with Gasteiger partial charge in [0.05, 0.1) is 11.2 Å². The molecule has 1 aliphatic rings. The third-order valence-electron chi connectivity index (χ3n) is 3.79. The highest BCUT2D eigenvalue weighted by molar-refractivity contribution is 6.53. The van der Waals surface area contributed by atoms with Crippen molar-refractivity contribution in [1.82, 2.24) is 4.98 Å². The predicted molar refractivity (Wildman–Crippen MR) is 74.0 cm³/mol. The van der Waals surface area contributed by atoms with E-state index in [-0.39, 0.29) is 18.3 Å². The smallest absolute Gasteiger partial charge is 0.400 e. The molecule has 0 radical (unpaired) electrons. The average molecular weight is 245 g/mol. The Morgan fingerprint density at radius 3 is 2.11 bits per heavy atom. The van der Waals surface area contributed by atoms with E-state index in [0.29, 0.717) is 0 Å². The van der Waals surface area contributed by atoms with E-state index < -0.39 is 0 Å². The van der Waals surface area contributed by atoms with Gasteiger partial charge in [-0.1, -0.05) is 11.5 Å². The van der Waals surface area contributed by atoms with Crippen molar-refractivity contribution in [3.8, 4) is 0 Å². The molecule has 0 bridgehead atoms. The highest BCUT2D eigenvalue weighted by Gasteiger charge is 2.50. The quantitative estimate of drug-likeness (QED) is 0.750. The summed E-state index contributed by atoms with van der Waals surface area (Å²) in [7, 11) is -0.289. The number of hydrogen-bond donors (Lipinski definition) is 0. The summed E-state index contributed by atoms with van der Waals surface area (Å²) in [6.45, 7) is 10.3. The first-order valence-electron chi connectivity index (χ1n) is 6.26. The molecule has 0 amide bonds. The molecule has 18 heavy (non-hydrogen) atoms. The van der Waals surface area contributed by atoms with E-state index >= 15 is 0 Å². The second-order valence-corrected chi connectivity index (χ2v) is 5.71. The third-order valence-corrected chi connectivity index (χ3v) is 3.79. The zero-order valence-corrected chi connectivity index (χ0v) is 11.7. The van der Waals surface area contributed by atoms with E-state index in [4.69, 9.17) is 9.31 Å². The molecular weight excluding hydrogens is 225 g/mol. The minimum atomic E-state index is -0.289. The molecule has 2 rings (SSSR count). The largest absolute Gasteiger partial charge is 0.487 e. The molecule has 1 aliphatic heterocycles. The van der Waals surface area contributed by atoms with E-state index in [1.54, 1.807) is 12.4 Å². The summed E-state index contributed by atoms with van der Waals surface area (Å²) < 4.78 is 11.9. The van der Waals surface area contributed by atoms with Crippen molar-refractivity contribution >= 4 is 12.7 Å². The maximum absolute atomic E-state index is 5.94. The van der Waals surface area contributed by atoms with Gasteiger partial charge in [-0.05, 0) is 52.3 Å². The number of nitrogens with zero attached hydrogens (tertiary/aromatic N) is 1. The lowest BCUT2D eigenvalue weighted by atomic mass is 9.86. The lowest BCUT2D eigenvalue weighted by Crippen LogP contribution is -2.41. The number of allylic oxidation sites excluding steroid dienone is 1. The number of hydrogen-bond acceptors (Lipinski definition) is 3. The topological polar surface area (TPSA) is 31.4 Å². The standard InChI is InChI=1S/C14H20BNO2/c1-11(12-6-8-16-9-7-12)10-15-17-13(2,3)14(4,5)18-15/h6-10H,1-5H3. The minimum absolute atomic E-state index is 0.285. The molecule has 0 unspecified atom stereocenters. The van der Waals surface area contributed by atoms with Gasteiger partial charge in [-0.3, -0.25) is 4.98 Å². The van der Waals surface area contributed by atoms with Gasteiger partial charge < -0.3 is 9.31 Å². The molecule has 2 heterocycles. The molecule has 4 heteroatoms. The molecule has 0 saturated carbocycles. The summed E-state index contributed by atoms with van der Waals surface area (Å²) in [4.78, 5) is 4.02. The molecule has 3 nitrogen and oxygen atoms in total. The maximum atomic E-state index is 5.94. The molecular formula is C14H20BNO2. The van der Waals surface area contributed by atoms with E-state index in [2.05, 4.69) is 39.6 Å². The van der Waals surface area contributed by atoms with Crippen LogP contribution in [0.3, 0.4) is 0 Å². The van der Waals surface area contributed by atoms with Gasteiger partial charge in [0, 0.05) is 12.4 Å². The van der Waals surface area contributed by atoms with Crippen molar-refractivity contribution in [3.63, 3.8) is 0 Å². The van der Waals surface area contributed by atoms with Crippen LogP contribution in [0.5, 0.6) is 0 Å². The van der Waals surface area contributed by atoms with Crippen LogP contribution in [0.4, 0.5) is 0 Å². The van der Waals surface area contributed by atoms with Gasteiger partial charge in [0.25, 0.3) is 0 Å². The van der Waals surface area contributed by atoms with Gasteiger partial charge in [0.15, 0.2) is 0 Å². The number of aromatic nitrogens is 1. The Kier molecular flexibility index (Phi) is 3.34. The van der Waals surface area contributed by atoms with Crippen molar-refractivity contribution in [2.24, 2.45) is 0 Å². The van der Waals surface area contributed by atoms with Crippen LogP contribution in [0.2, 0.25) is 0 Å². The second kappa shape index (κ2) is 4.52. The maximum Gasteiger partial charge on any atom is 0.487 e. The Morgan fingerprint density at radius 2 is 1.61 bits per heavy atom. The molecule has 0 atom stereocenters. The first-order valence-corrected chi connectivity index (χ1v) is 6.26. The molecule has 1 aromatic rings. The minimum Gasteiger partial charge on any atom is -0.400 e. The van der Waals surface area contributed by atoms with Crippen molar-refractivity contribution in [2.75, 3.05) is 0 Å². The summed E-state index contributed by atoms with van der Waals surface area (Å²) >= 11 is 0. The highest BCUT2D eigenvalue weighted by atomic mass is 16.7. The molecule has 96 valence electrons. The fourth-order valence-corrected chi connectivity index (χ4v) is 1.87. The summed E-state index contributed by atoms with van der Waals surface area (Å²) in [6, 6.07) is 3.97. The zero-order valence-electron chi connectivity index (χ0n) is 11.7. The predicted octanol–water partition coefficient (Wildman–Crippen LogP) is 3.12. The summed E-state index contributed by atoms with van der Waals surface area (Å²) in [5.41, 5.74) is 1.70. The van der Waals surface area contributed by atoms with Crippen LogP contribution in [0.15, 0.2) is 30.5 Å². The Bertz CT molecular complexity index is 438. The summed E-state index contributed by atoms with van der Waals surface area (Å²) in [5, 5.41) is 0. The lowest BCUT2D eigenvalue weighted by Gasteiger charge is -2.32. The fourth-order valence-electron chi connectivity index (χ4n) is 1.87. The van der Waals surface area contributed by atoms with Crippen LogP contribution < -0.4 is 0 Å². The molecule has 1 saturated heterocycles. The zero-order chi connectivity index (χ0) is 13.4. The molecule has 0 N–H and O–H groups in total. The van der Waals surface area contributed by atoms with Gasteiger partial charge in [-0.15, -0.1) is 0 Å². The normalized spacial score (nSPS) is 22.3. The van der Waals surface area contributed by atoms with Crippen LogP contribution in [0, 0.1) is 0 Å². The average Bonchev–Trinajstić information content (AvgIpc) is 2.48. The van der Waals surface area contributed by atoms with Gasteiger partial charge in [0.1, 0.15) is 0 Å². The van der Waals surface area contributed by atoms with E-state index in [1.165, 1.54) is 0 Å². The van der Waals surface area contributed by atoms with E-state index in [1.807, 2.05) is 18.1 Å². The molecule has 0 spiro atoms. The summed E-state index contributed by atoms with van der Waals surface area (Å²) in [6.07, 6.45) is 3.58. The van der Waals surface area contributed by atoms with Gasteiger partial charge in [0.2, 0.25) is 0 Å². The highest BCUT2D eigenvalue weighted by Crippen LogP contribution is 2.37. The van der Waals surface area contributed by atoms with E-state index in [9.17, 15) is 0 Å². The van der Waals surface area contributed by atoms with E-state index in [0.717, 1.165) is 11.1 Å². The molecule has 1 fully saturated rings. The van der Waals surface area contributed by atoms with Crippen molar-refractivity contribution in [3.05, 3.63) is 36.1 Å². The van der Waals surface area contributed by atoms with Crippen LogP contribution in [0.1, 0.15) is 40.2 Å². The van der Waals surface area contributed by atoms with Crippen LogP contribution in [0.25, 0.3) is 5.57 Å². The Balaban J connectivity index is 2.17. The summed E-state index contributed by atoms with van der Waals surface area (Å²) in [5.74, 6) is 2.02. The van der Waals surface area contributed by atoms with Crippen molar-refractivity contribution < 1.29 is 9.31 Å². The van der Waals surface area contributed by atoms with Gasteiger partial charge >= 0.3 is 7.12 Å². The van der Waals surface area contributed by atoms with Crippen molar-refractivity contribution in [1.29, 1.82) is 0 Å².